The highest BCUT2D eigenvalue weighted by Gasteiger charge is 2.37. The summed E-state index contributed by atoms with van der Waals surface area (Å²) in [5, 5.41) is 0. The number of rotatable bonds is 5. The monoisotopic (exact) mass is 441 g/mol. The predicted molar refractivity (Wildman–Crippen MR) is 113 cm³/mol. The van der Waals surface area contributed by atoms with E-state index in [1.165, 1.54) is 12.1 Å². The lowest BCUT2D eigenvalue weighted by Gasteiger charge is -2.40. The van der Waals surface area contributed by atoms with Gasteiger partial charge >= 0.3 is 12.1 Å². The molecule has 32 heavy (non-hydrogen) atoms. The normalized spacial score (nSPS) is 19.5. The van der Waals surface area contributed by atoms with Gasteiger partial charge in [0.1, 0.15) is 0 Å². The molecule has 1 fully saturated rings. The molecule has 0 aliphatic carbocycles. The molecule has 3 aromatic carbocycles. The number of nitrogens with zero attached hydrogens (tertiary/aromatic N) is 1. The van der Waals surface area contributed by atoms with Crippen LogP contribution < -0.4 is 0 Å². The van der Waals surface area contributed by atoms with Gasteiger partial charge in [-0.25, -0.2) is 4.79 Å². The Morgan fingerprint density at radius 2 is 1.66 bits per heavy atom. The van der Waals surface area contributed by atoms with Gasteiger partial charge in [0.2, 0.25) is 6.29 Å². The Labute approximate surface area is 184 Å². The fourth-order valence-corrected chi connectivity index (χ4v) is 3.80. The van der Waals surface area contributed by atoms with Crippen LogP contribution >= 0.6 is 0 Å². The van der Waals surface area contributed by atoms with Crippen molar-refractivity contribution in [2.24, 2.45) is 0 Å². The van der Waals surface area contributed by atoms with Crippen LogP contribution in [0, 0.1) is 0 Å². The van der Waals surface area contributed by atoms with Crippen molar-refractivity contribution < 1.29 is 27.4 Å². The minimum absolute atomic E-state index is 0.171. The second kappa shape index (κ2) is 9.54. The number of morpholine rings is 1. The summed E-state index contributed by atoms with van der Waals surface area (Å²) in [5.41, 5.74) is 0.917. The first kappa shape index (κ1) is 22.0. The molecular weight excluding hydrogens is 419 g/mol. The standard InChI is InChI=1S/C25H22F3NO3/c26-25(27,28)21-13-7-12-20(16-21)23(30)32-24-22(19-10-5-2-6-11-19)29(14-15-31-24)17-18-8-3-1-4-9-18/h1-13,16,22,24H,14-15,17H2. The van der Waals surface area contributed by atoms with Gasteiger partial charge in [0.15, 0.2) is 0 Å². The van der Waals surface area contributed by atoms with E-state index in [2.05, 4.69) is 4.90 Å². The van der Waals surface area contributed by atoms with E-state index in [1.54, 1.807) is 0 Å². The molecule has 4 nitrogen and oxygen atoms in total. The smallest absolute Gasteiger partial charge is 0.416 e. The van der Waals surface area contributed by atoms with Crippen LogP contribution in [-0.4, -0.2) is 30.3 Å². The first-order valence-corrected chi connectivity index (χ1v) is 10.2. The Hall–Kier alpha value is -3.16. The van der Waals surface area contributed by atoms with Gasteiger partial charge in [0.25, 0.3) is 0 Å². The molecule has 0 radical (unpaired) electrons. The number of carbonyl (C=O) groups excluding carboxylic acids is 1. The SMILES string of the molecule is O=C(OC1OCCN(Cc2ccccc2)C1c1ccccc1)c1cccc(C(F)(F)F)c1. The van der Waals surface area contributed by atoms with E-state index in [9.17, 15) is 18.0 Å². The summed E-state index contributed by atoms with van der Waals surface area (Å²) in [4.78, 5) is 14.9. The quantitative estimate of drug-likeness (QED) is 0.493. The lowest BCUT2D eigenvalue weighted by Crippen LogP contribution is -2.46. The zero-order valence-corrected chi connectivity index (χ0v) is 17.2. The van der Waals surface area contributed by atoms with E-state index in [0.717, 1.165) is 23.3 Å². The molecule has 0 aromatic heterocycles. The van der Waals surface area contributed by atoms with Crippen LogP contribution in [0.3, 0.4) is 0 Å². The third kappa shape index (κ3) is 5.18. The van der Waals surface area contributed by atoms with Gasteiger partial charge in [-0.3, -0.25) is 4.90 Å². The van der Waals surface area contributed by atoms with Crippen molar-refractivity contribution in [1.29, 1.82) is 0 Å². The molecular formula is C25H22F3NO3. The first-order valence-electron chi connectivity index (χ1n) is 10.2. The maximum Gasteiger partial charge on any atom is 0.416 e. The predicted octanol–water partition coefficient (Wildman–Crippen LogP) is 5.46. The summed E-state index contributed by atoms with van der Waals surface area (Å²) in [6.07, 6.45) is -5.51. The van der Waals surface area contributed by atoms with Crippen LogP contribution in [0.25, 0.3) is 0 Å². The van der Waals surface area contributed by atoms with Crippen LogP contribution in [-0.2, 0) is 22.2 Å². The van der Waals surface area contributed by atoms with E-state index in [0.29, 0.717) is 19.7 Å². The molecule has 0 amide bonds. The van der Waals surface area contributed by atoms with E-state index >= 15 is 0 Å². The van der Waals surface area contributed by atoms with Gasteiger partial charge < -0.3 is 9.47 Å². The fourth-order valence-electron chi connectivity index (χ4n) is 3.80. The molecule has 0 saturated carbocycles. The summed E-state index contributed by atoms with van der Waals surface area (Å²) >= 11 is 0. The number of alkyl halides is 3. The minimum atomic E-state index is -4.54. The average Bonchev–Trinajstić information content (AvgIpc) is 2.80. The molecule has 0 spiro atoms. The molecule has 1 aliphatic rings. The molecule has 166 valence electrons. The minimum Gasteiger partial charge on any atom is -0.430 e. The zero-order chi connectivity index (χ0) is 22.6. The number of benzene rings is 3. The highest BCUT2D eigenvalue weighted by atomic mass is 19.4. The Bertz CT molecular complexity index is 1040. The van der Waals surface area contributed by atoms with Crippen LogP contribution in [0.2, 0.25) is 0 Å². The van der Waals surface area contributed by atoms with Crippen LogP contribution in [0.5, 0.6) is 0 Å². The Balaban J connectivity index is 1.59. The van der Waals surface area contributed by atoms with Gasteiger partial charge in [-0.05, 0) is 29.3 Å². The van der Waals surface area contributed by atoms with Crippen molar-refractivity contribution in [1.82, 2.24) is 4.90 Å². The van der Waals surface area contributed by atoms with Gasteiger partial charge in [-0.1, -0.05) is 66.7 Å². The van der Waals surface area contributed by atoms with Crippen LogP contribution in [0.15, 0.2) is 84.9 Å². The van der Waals surface area contributed by atoms with Crippen LogP contribution in [0.4, 0.5) is 13.2 Å². The second-order valence-electron chi connectivity index (χ2n) is 7.53. The molecule has 1 heterocycles. The zero-order valence-electron chi connectivity index (χ0n) is 17.2. The Kier molecular flexibility index (Phi) is 6.58. The van der Waals surface area contributed by atoms with Crippen molar-refractivity contribution >= 4 is 5.97 Å². The molecule has 2 atom stereocenters. The average molecular weight is 441 g/mol. The van der Waals surface area contributed by atoms with Crippen molar-refractivity contribution in [3.8, 4) is 0 Å². The topological polar surface area (TPSA) is 38.8 Å². The van der Waals surface area contributed by atoms with Crippen molar-refractivity contribution in [3.63, 3.8) is 0 Å². The highest BCUT2D eigenvalue weighted by Crippen LogP contribution is 2.33. The van der Waals surface area contributed by atoms with Gasteiger partial charge in [0, 0.05) is 13.1 Å². The molecule has 3 aromatic rings. The lowest BCUT2D eigenvalue weighted by atomic mass is 10.0. The number of hydrogen-bond acceptors (Lipinski definition) is 4. The summed E-state index contributed by atoms with van der Waals surface area (Å²) in [7, 11) is 0. The second-order valence-corrected chi connectivity index (χ2v) is 7.53. The van der Waals surface area contributed by atoms with E-state index < -0.39 is 30.0 Å². The first-order chi connectivity index (χ1) is 15.4. The molecule has 7 heteroatoms. The van der Waals surface area contributed by atoms with Gasteiger partial charge in [0.05, 0.1) is 23.8 Å². The summed E-state index contributed by atoms with van der Waals surface area (Å²) in [5.74, 6) is -0.858. The maximum atomic E-state index is 13.0. The third-order valence-electron chi connectivity index (χ3n) is 5.33. The van der Waals surface area contributed by atoms with Gasteiger partial charge in [-0.2, -0.15) is 13.2 Å². The van der Waals surface area contributed by atoms with Crippen molar-refractivity contribution in [2.45, 2.75) is 25.1 Å². The number of halogens is 3. The third-order valence-corrected chi connectivity index (χ3v) is 5.33. The highest BCUT2D eigenvalue weighted by molar-refractivity contribution is 5.89. The molecule has 2 unspecified atom stereocenters. The molecule has 0 bridgehead atoms. The van der Waals surface area contributed by atoms with E-state index in [4.69, 9.17) is 9.47 Å². The molecule has 1 saturated heterocycles. The maximum absolute atomic E-state index is 13.0. The summed E-state index contributed by atoms with van der Waals surface area (Å²) < 4.78 is 50.5. The van der Waals surface area contributed by atoms with Crippen molar-refractivity contribution in [3.05, 3.63) is 107 Å². The van der Waals surface area contributed by atoms with Gasteiger partial charge in [-0.15, -0.1) is 0 Å². The molecule has 1 aliphatic heterocycles. The number of ether oxygens (including phenoxy) is 2. The summed E-state index contributed by atoms with van der Waals surface area (Å²) in [6.45, 7) is 1.56. The lowest BCUT2D eigenvalue weighted by molar-refractivity contribution is -0.186. The molecule has 4 rings (SSSR count). The molecule has 0 N–H and O–H groups in total. The largest absolute Gasteiger partial charge is 0.430 e. The van der Waals surface area contributed by atoms with E-state index in [-0.39, 0.29) is 5.56 Å². The number of carbonyl (C=O) groups is 1. The fraction of sp³-hybridized carbons (Fsp3) is 0.240. The van der Waals surface area contributed by atoms with Crippen LogP contribution in [0.1, 0.15) is 33.1 Å². The number of hydrogen-bond donors (Lipinski definition) is 0. The Morgan fingerprint density at radius 3 is 2.34 bits per heavy atom. The number of esters is 1. The van der Waals surface area contributed by atoms with E-state index in [1.807, 2.05) is 60.7 Å². The summed E-state index contributed by atoms with van der Waals surface area (Å²) in [6, 6.07) is 23.2. The van der Waals surface area contributed by atoms with Crippen molar-refractivity contribution in [2.75, 3.05) is 13.2 Å². The Morgan fingerprint density at radius 1 is 0.969 bits per heavy atom.